The number of nitrogens with zero attached hydrogens (tertiary/aromatic N) is 2. The Bertz CT molecular complexity index is 496. The summed E-state index contributed by atoms with van der Waals surface area (Å²) >= 11 is 0. The highest BCUT2D eigenvalue weighted by atomic mass is 16.5. The van der Waals surface area contributed by atoms with Crippen LogP contribution in [0.1, 0.15) is 21.8 Å². The Hall–Kier alpha value is -2.21. The molecule has 0 fully saturated rings. The SMILES string of the molecule is O=C(O)c1cncnc1COCc1ccco1. The number of rotatable bonds is 5. The lowest BCUT2D eigenvalue weighted by Crippen LogP contribution is -2.07. The van der Waals surface area contributed by atoms with Crippen molar-refractivity contribution >= 4 is 5.97 Å². The van der Waals surface area contributed by atoms with Crippen LogP contribution < -0.4 is 0 Å². The van der Waals surface area contributed by atoms with Crippen LogP contribution in [0.5, 0.6) is 0 Å². The number of aromatic carboxylic acids is 1. The number of ether oxygens (including phenoxy) is 1. The molecule has 0 aliphatic rings. The quantitative estimate of drug-likeness (QED) is 0.843. The Balaban J connectivity index is 1.97. The average Bonchev–Trinajstić information content (AvgIpc) is 2.82. The minimum Gasteiger partial charge on any atom is -0.478 e. The zero-order valence-corrected chi connectivity index (χ0v) is 8.87. The van der Waals surface area contributed by atoms with Crippen molar-refractivity contribution in [3.63, 3.8) is 0 Å². The summed E-state index contributed by atoms with van der Waals surface area (Å²) in [6, 6.07) is 3.53. The number of hydrogen-bond acceptors (Lipinski definition) is 5. The van der Waals surface area contributed by atoms with Gasteiger partial charge in [-0.25, -0.2) is 14.8 Å². The Kier molecular flexibility index (Phi) is 3.46. The monoisotopic (exact) mass is 234 g/mol. The lowest BCUT2D eigenvalue weighted by atomic mass is 10.2. The van der Waals surface area contributed by atoms with E-state index < -0.39 is 5.97 Å². The van der Waals surface area contributed by atoms with Gasteiger partial charge in [0.05, 0.1) is 18.6 Å². The molecule has 88 valence electrons. The zero-order chi connectivity index (χ0) is 12.1. The van der Waals surface area contributed by atoms with Gasteiger partial charge >= 0.3 is 5.97 Å². The van der Waals surface area contributed by atoms with Crippen LogP contribution in [-0.4, -0.2) is 21.0 Å². The second kappa shape index (κ2) is 5.22. The molecule has 6 nitrogen and oxygen atoms in total. The number of carboxylic acid groups (broad SMARTS) is 1. The Labute approximate surface area is 96.9 Å². The van der Waals surface area contributed by atoms with Crippen LogP contribution in [-0.2, 0) is 18.0 Å². The van der Waals surface area contributed by atoms with Crippen LogP contribution in [0.4, 0.5) is 0 Å². The van der Waals surface area contributed by atoms with Gasteiger partial charge < -0.3 is 14.3 Å². The standard InChI is InChI=1S/C11H10N2O4/c14-11(15)9-4-12-7-13-10(9)6-16-5-8-2-1-3-17-8/h1-4,7H,5-6H2,(H,14,15). The molecule has 0 radical (unpaired) electrons. The third-order valence-electron chi connectivity index (χ3n) is 2.09. The van der Waals surface area contributed by atoms with Crippen LogP contribution in [0, 0.1) is 0 Å². The van der Waals surface area contributed by atoms with Gasteiger partial charge in [0.25, 0.3) is 0 Å². The van der Waals surface area contributed by atoms with Crippen LogP contribution in [0.2, 0.25) is 0 Å². The normalized spacial score (nSPS) is 10.4. The van der Waals surface area contributed by atoms with Crippen molar-refractivity contribution in [2.75, 3.05) is 0 Å². The number of aromatic nitrogens is 2. The minimum atomic E-state index is -1.07. The van der Waals surface area contributed by atoms with Crippen LogP contribution in [0.25, 0.3) is 0 Å². The molecule has 2 aromatic heterocycles. The van der Waals surface area contributed by atoms with E-state index in [4.69, 9.17) is 14.3 Å². The van der Waals surface area contributed by atoms with E-state index in [1.54, 1.807) is 18.4 Å². The topological polar surface area (TPSA) is 85.5 Å². The summed E-state index contributed by atoms with van der Waals surface area (Å²) in [6.07, 6.45) is 4.09. The summed E-state index contributed by atoms with van der Waals surface area (Å²) in [7, 11) is 0. The summed E-state index contributed by atoms with van der Waals surface area (Å²) in [4.78, 5) is 18.4. The summed E-state index contributed by atoms with van der Waals surface area (Å²) in [6.45, 7) is 0.376. The molecule has 0 aliphatic heterocycles. The Morgan fingerprint density at radius 2 is 2.35 bits per heavy atom. The zero-order valence-electron chi connectivity index (χ0n) is 8.87. The predicted octanol–water partition coefficient (Wildman–Crippen LogP) is 1.48. The van der Waals surface area contributed by atoms with E-state index in [-0.39, 0.29) is 18.8 Å². The molecule has 0 atom stereocenters. The highest BCUT2D eigenvalue weighted by Crippen LogP contribution is 2.08. The molecule has 2 rings (SSSR count). The maximum Gasteiger partial charge on any atom is 0.339 e. The van der Waals surface area contributed by atoms with Gasteiger partial charge in [-0.05, 0) is 12.1 Å². The molecule has 0 saturated carbocycles. The Morgan fingerprint density at radius 3 is 3.06 bits per heavy atom. The Morgan fingerprint density at radius 1 is 1.47 bits per heavy atom. The minimum absolute atomic E-state index is 0.0481. The van der Waals surface area contributed by atoms with Gasteiger partial charge in [0.2, 0.25) is 0 Å². The van der Waals surface area contributed by atoms with Gasteiger partial charge in [-0.2, -0.15) is 0 Å². The van der Waals surface area contributed by atoms with Gasteiger partial charge in [0.15, 0.2) is 0 Å². The van der Waals surface area contributed by atoms with E-state index in [1.165, 1.54) is 12.5 Å². The fourth-order valence-electron chi connectivity index (χ4n) is 1.29. The average molecular weight is 234 g/mol. The molecule has 1 N–H and O–H groups in total. The number of carboxylic acids is 1. The molecule has 0 bridgehead atoms. The van der Waals surface area contributed by atoms with E-state index in [0.29, 0.717) is 11.5 Å². The lowest BCUT2D eigenvalue weighted by Gasteiger charge is -2.04. The van der Waals surface area contributed by atoms with Gasteiger partial charge in [-0.1, -0.05) is 0 Å². The number of furan rings is 1. The highest BCUT2D eigenvalue weighted by Gasteiger charge is 2.11. The first-order valence-corrected chi connectivity index (χ1v) is 4.89. The molecule has 17 heavy (non-hydrogen) atoms. The summed E-state index contributed by atoms with van der Waals surface area (Å²) in [5.74, 6) is -0.391. The van der Waals surface area contributed by atoms with E-state index in [2.05, 4.69) is 9.97 Å². The van der Waals surface area contributed by atoms with Crippen LogP contribution in [0.15, 0.2) is 35.3 Å². The van der Waals surface area contributed by atoms with Crippen LogP contribution >= 0.6 is 0 Å². The van der Waals surface area contributed by atoms with Crippen molar-refractivity contribution in [3.8, 4) is 0 Å². The number of carbonyl (C=O) groups is 1. The lowest BCUT2D eigenvalue weighted by molar-refractivity contribution is 0.0674. The van der Waals surface area contributed by atoms with Crippen molar-refractivity contribution in [1.82, 2.24) is 9.97 Å². The summed E-state index contributed by atoms with van der Waals surface area (Å²) in [5.41, 5.74) is 0.394. The summed E-state index contributed by atoms with van der Waals surface area (Å²) in [5, 5.41) is 8.89. The first kappa shape index (κ1) is 11.3. The van der Waals surface area contributed by atoms with Crippen molar-refractivity contribution < 1.29 is 19.1 Å². The van der Waals surface area contributed by atoms with E-state index in [1.807, 2.05) is 0 Å². The highest BCUT2D eigenvalue weighted by molar-refractivity contribution is 5.88. The van der Waals surface area contributed by atoms with E-state index in [9.17, 15) is 4.79 Å². The van der Waals surface area contributed by atoms with Gasteiger partial charge in [0.1, 0.15) is 24.3 Å². The van der Waals surface area contributed by atoms with E-state index in [0.717, 1.165) is 0 Å². The maximum absolute atomic E-state index is 10.9. The predicted molar refractivity (Wildman–Crippen MR) is 56.2 cm³/mol. The van der Waals surface area contributed by atoms with Crippen LogP contribution in [0.3, 0.4) is 0 Å². The summed E-state index contributed by atoms with van der Waals surface area (Å²) < 4.78 is 10.4. The molecule has 2 heterocycles. The smallest absolute Gasteiger partial charge is 0.339 e. The van der Waals surface area contributed by atoms with Crippen molar-refractivity contribution in [1.29, 1.82) is 0 Å². The fraction of sp³-hybridized carbons (Fsp3) is 0.182. The first-order valence-electron chi connectivity index (χ1n) is 4.89. The molecule has 0 aromatic carbocycles. The third kappa shape index (κ3) is 2.88. The molecular formula is C11H10N2O4. The molecule has 0 amide bonds. The van der Waals surface area contributed by atoms with E-state index >= 15 is 0 Å². The van der Waals surface area contributed by atoms with Gasteiger partial charge in [-0.15, -0.1) is 0 Å². The molecule has 0 unspecified atom stereocenters. The molecular weight excluding hydrogens is 224 g/mol. The first-order chi connectivity index (χ1) is 8.27. The van der Waals surface area contributed by atoms with Crippen molar-refractivity contribution in [2.45, 2.75) is 13.2 Å². The van der Waals surface area contributed by atoms with Gasteiger partial charge in [0, 0.05) is 6.20 Å². The second-order valence-electron chi connectivity index (χ2n) is 3.26. The second-order valence-corrected chi connectivity index (χ2v) is 3.26. The molecule has 6 heteroatoms. The molecule has 0 spiro atoms. The van der Waals surface area contributed by atoms with Gasteiger partial charge in [-0.3, -0.25) is 0 Å². The fourth-order valence-corrected chi connectivity index (χ4v) is 1.29. The molecule has 2 aromatic rings. The molecule has 0 aliphatic carbocycles. The van der Waals surface area contributed by atoms with Crippen molar-refractivity contribution in [2.24, 2.45) is 0 Å². The number of hydrogen-bond donors (Lipinski definition) is 1. The third-order valence-corrected chi connectivity index (χ3v) is 2.09. The van der Waals surface area contributed by atoms with Crippen molar-refractivity contribution in [3.05, 3.63) is 47.9 Å². The largest absolute Gasteiger partial charge is 0.478 e. The maximum atomic E-state index is 10.9. The molecule has 0 saturated heterocycles.